The Kier molecular flexibility index (Phi) is 8.54. The van der Waals surface area contributed by atoms with Crippen LogP contribution >= 0.6 is 8.16 Å². The normalized spacial score (nSPS) is 14.6. The zero-order valence-corrected chi connectivity index (χ0v) is 7.87. The van der Waals surface area contributed by atoms with Gasteiger partial charge in [-0.2, -0.15) is 8.42 Å². The van der Waals surface area contributed by atoms with Gasteiger partial charge in [0.15, 0.2) is 0 Å². The van der Waals surface area contributed by atoms with Gasteiger partial charge in [0, 0.05) is 0 Å². The number of rotatable bonds is 1. The molecule has 1 N–H and O–H groups in total. The first-order valence-electron chi connectivity index (χ1n) is 2.51. The first kappa shape index (κ1) is 19.8. The SMILES string of the molecule is C/C=C\S(=O)(=O)O.FP(F)(F)(F)F.[LiH]. The molecular weight excluding hydrogens is 249 g/mol. The average Bonchev–Trinajstić information content (AvgIpc) is 1.51. The molecule has 0 saturated carbocycles. The minimum atomic E-state index is -8.55. The van der Waals surface area contributed by atoms with Crippen LogP contribution < -0.4 is 0 Å². The Bertz CT molecular complexity index is 263. The Morgan fingerprint density at radius 1 is 1.14 bits per heavy atom. The van der Waals surface area contributed by atoms with Crippen molar-refractivity contribution in [2.24, 2.45) is 0 Å². The quantitative estimate of drug-likeness (QED) is 0.339. The molecule has 0 rings (SSSR count). The Morgan fingerprint density at radius 2 is 1.36 bits per heavy atom. The van der Waals surface area contributed by atoms with E-state index in [1.807, 2.05) is 0 Å². The fraction of sp³-hybridized carbons (Fsp3) is 0.333. The molecule has 14 heavy (non-hydrogen) atoms. The molecule has 0 bridgehead atoms. The minimum absolute atomic E-state index is 0. The summed E-state index contributed by atoms with van der Waals surface area (Å²) in [6.07, 6.45) is 1.25. The van der Waals surface area contributed by atoms with Gasteiger partial charge in [0.25, 0.3) is 10.1 Å². The molecule has 0 atom stereocenters. The van der Waals surface area contributed by atoms with Gasteiger partial charge in [-0.15, -0.1) is 0 Å². The van der Waals surface area contributed by atoms with Crippen molar-refractivity contribution in [1.82, 2.24) is 0 Å². The number of halogens is 5. The van der Waals surface area contributed by atoms with Gasteiger partial charge in [0.1, 0.15) is 0 Å². The summed E-state index contributed by atoms with van der Waals surface area (Å²) in [5.41, 5.74) is 0. The third-order valence-electron chi connectivity index (χ3n) is 0.308. The van der Waals surface area contributed by atoms with Crippen molar-refractivity contribution in [3.8, 4) is 0 Å². The summed E-state index contributed by atoms with van der Waals surface area (Å²) >= 11 is 0. The van der Waals surface area contributed by atoms with Crippen LogP contribution in [0.2, 0.25) is 0 Å². The molecule has 0 aromatic carbocycles. The van der Waals surface area contributed by atoms with Gasteiger partial charge >= 0.3 is 48.0 Å². The summed E-state index contributed by atoms with van der Waals surface area (Å²) in [4.78, 5) is 0. The molecule has 0 aliphatic heterocycles. The second-order valence-electron chi connectivity index (χ2n) is 1.62. The summed E-state index contributed by atoms with van der Waals surface area (Å²) in [7, 11) is -12.4. The van der Waals surface area contributed by atoms with Crippen LogP contribution in [0, 0.1) is 0 Å². The van der Waals surface area contributed by atoms with E-state index < -0.39 is 18.3 Å². The van der Waals surface area contributed by atoms with Crippen molar-refractivity contribution in [3.63, 3.8) is 0 Å². The molecule has 11 heteroatoms. The van der Waals surface area contributed by atoms with Gasteiger partial charge in [-0.05, 0) is 6.92 Å². The van der Waals surface area contributed by atoms with Gasteiger partial charge in [-0.1, -0.05) is 6.08 Å². The van der Waals surface area contributed by atoms with Gasteiger partial charge < -0.3 is 0 Å². The molecule has 0 unspecified atom stereocenters. The third-order valence-corrected chi connectivity index (χ3v) is 0.924. The van der Waals surface area contributed by atoms with Crippen molar-refractivity contribution < 1.29 is 34.0 Å². The fourth-order valence-electron chi connectivity index (χ4n) is 0.172. The van der Waals surface area contributed by atoms with Gasteiger partial charge in [0.05, 0.1) is 5.41 Å². The molecule has 0 amide bonds. The van der Waals surface area contributed by atoms with Crippen LogP contribution in [-0.2, 0) is 10.1 Å². The second-order valence-corrected chi connectivity index (χ2v) is 4.20. The van der Waals surface area contributed by atoms with Crippen molar-refractivity contribution in [2.75, 3.05) is 0 Å². The Hall–Kier alpha value is 0.327. The van der Waals surface area contributed by atoms with Crippen molar-refractivity contribution in [1.29, 1.82) is 0 Å². The monoisotopic (exact) mass is 256 g/mol. The van der Waals surface area contributed by atoms with Gasteiger partial charge in [-0.25, -0.2) is 0 Å². The summed E-state index contributed by atoms with van der Waals surface area (Å²) in [5, 5.41) is 0.715. The van der Waals surface area contributed by atoms with E-state index in [1.165, 1.54) is 13.0 Å². The predicted molar refractivity (Wildman–Crippen MR) is 46.0 cm³/mol. The van der Waals surface area contributed by atoms with Crippen LogP contribution in [-0.4, -0.2) is 31.8 Å². The van der Waals surface area contributed by atoms with E-state index in [-0.39, 0.29) is 18.9 Å². The summed E-state index contributed by atoms with van der Waals surface area (Å²) < 4.78 is 76.5. The zero-order chi connectivity index (χ0) is 11.4. The molecule has 0 aromatic heterocycles. The summed E-state index contributed by atoms with van der Waals surface area (Å²) in [6.45, 7) is 1.51. The molecule has 0 aliphatic rings. The van der Waals surface area contributed by atoms with Crippen molar-refractivity contribution >= 4 is 37.1 Å². The van der Waals surface area contributed by atoms with Crippen LogP contribution in [0.25, 0.3) is 0 Å². The van der Waals surface area contributed by atoms with E-state index in [1.54, 1.807) is 0 Å². The average molecular weight is 256 g/mol. The Balaban J connectivity index is -0.000000163. The Labute approximate surface area is 89.8 Å². The molecule has 0 heterocycles. The molecule has 0 aliphatic carbocycles. The number of allylic oxidation sites excluding steroid dienone is 1. The first-order chi connectivity index (χ1) is 5.30. The van der Waals surface area contributed by atoms with Crippen LogP contribution in [0.3, 0.4) is 0 Å². The van der Waals surface area contributed by atoms with E-state index in [0.29, 0.717) is 5.41 Å². The van der Waals surface area contributed by atoms with Crippen LogP contribution in [0.4, 0.5) is 21.0 Å². The number of hydrogen-bond donors (Lipinski definition) is 1. The molecular formula is C3H7F5LiO3PS. The maximum atomic E-state index is 9.84. The van der Waals surface area contributed by atoms with Crippen molar-refractivity contribution in [3.05, 3.63) is 11.5 Å². The summed E-state index contributed by atoms with van der Waals surface area (Å²) in [5.74, 6) is 0. The predicted octanol–water partition coefficient (Wildman–Crippen LogP) is 2.72. The molecule has 0 radical (unpaired) electrons. The molecule has 3 nitrogen and oxygen atoms in total. The second kappa shape index (κ2) is 6.03. The molecule has 0 spiro atoms. The van der Waals surface area contributed by atoms with Crippen LogP contribution in [0.1, 0.15) is 6.92 Å². The zero-order valence-electron chi connectivity index (χ0n) is 6.16. The number of hydrogen-bond acceptors (Lipinski definition) is 2. The molecule has 0 fully saturated rings. The van der Waals surface area contributed by atoms with Gasteiger partial charge in [0.2, 0.25) is 0 Å². The molecule has 84 valence electrons. The molecule has 0 saturated heterocycles. The standard InChI is InChI=1S/C3H6O3S.F5P.Li.H/c1-2-3-7(4,5)6;1-6(2,3,4)5;;/h2-3H,1H3,(H,4,5,6);;;/b3-2-;;;. The van der Waals surface area contributed by atoms with Crippen LogP contribution in [0.5, 0.6) is 0 Å². The van der Waals surface area contributed by atoms with Gasteiger partial charge in [-0.3, -0.25) is 4.55 Å². The van der Waals surface area contributed by atoms with Crippen molar-refractivity contribution in [2.45, 2.75) is 6.92 Å². The molecule has 0 aromatic rings. The van der Waals surface area contributed by atoms with E-state index in [0.717, 1.165) is 0 Å². The maximum absolute atomic E-state index is 9.84. The van der Waals surface area contributed by atoms with Crippen LogP contribution in [0.15, 0.2) is 11.5 Å². The summed E-state index contributed by atoms with van der Waals surface area (Å²) in [6, 6.07) is 0. The van der Waals surface area contributed by atoms with E-state index in [9.17, 15) is 29.4 Å². The van der Waals surface area contributed by atoms with E-state index in [2.05, 4.69) is 0 Å². The topological polar surface area (TPSA) is 54.4 Å². The first-order valence-corrected chi connectivity index (χ1v) is 5.70. The third kappa shape index (κ3) is 84.5. The Morgan fingerprint density at radius 3 is 1.36 bits per heavy atom. The van der Waals surface area contributed by atoms with E-state index >= 15 is 0 Å². The van der Waals surface area contributed by atoms with E-state index in [4.69, 9.17) is 4.55 Å². The fourth-order valence-corrected chi connectivity index (χ4v) is 0.516.